The number of esters is 1. The van der Waals surface area contributed by atoms with Crippen molar-refractivity contribution in [1.82, 2.24) is 5.32 Å². The van der Waals surface area contributed by atoms with E-state index in [9.17, 15) is 9.59 Å². The van der Waals surface area contributed by atoms with Crippen LogP contribution in [0, 0.1) is 5.92 Å². The molecule has 0 bridgehead atoms. The Morgan fingerprint density at radius 2 is 1.81 bits per heavy atom. The van der Waals surface area contributed by atoms with Gasteiger partial charge in [0, 0.05) is 18.2 Å². The second-order valence-corrected chi connectivity index (χ2v) is 5.45. The Morgan fingerprint density at radius 3 is 2.33 bits per heavy atom. The van der Waals surface area contributed by atoms with Crippen molar-refractivity contribution in [1.29, 1.82) is 0 Å². The molecule has 1 saturated carbocycles. The van der Waals surface area contributed by atoms with Crippen molar-refractivity contribution in [3.63, 3.8) is 0 Å². The predicted molar refractivity (Wildman–Crippen MR) is 79.6 cm³/mol. The Hall–Kier alpha value is -1.88. The SMILES string of the molecule is COC(=O)C1CCC(NC(=O)c2ccc(CN)cc2)CC1. The highest BCUT2D eigenvalue weighted by Crippen LogP contribution is 2.25. The van der Waals surface area contributed by atoms with Crippen LogP contribution in [0.4, 0.5) is 0 Å². The number of methoxy groups -OCH3 is 1. The molecular formula is C16H22N2O3. The number of nitrogens with two attached hydrogens (primary N) is 1. The summed E-state index contributed by atoms with van der Waals surface area (Å²) in [4.78, 5) is 23.6. The number of hydrogen-bond acceptors (Lipinski definition) is 4. The summed E-state index contributed by atoms with van der Waals surface area (Å²) in [6.45, 7) is 0.472. The Kier molecular flexibility index (Phi) is 5.33. The molecule has 0 unspecified atom stereocenters. The number of carbonyl (C=O) groups is 2. The second-order valence-electron chi connectivity index (χ2n) is 5.45. The zero-order chi connectivity index (χ0) is 15.2. The van der Waals surface area contributed by atoms with Gasteiger partial charge in [0.25, 0.3) is 5.91 Å². The van der Waals surface area contributed by atoms with E-state index in [1.54, 1.807) is 12.1 Å². The summed E-state index contributed by atoms with van der Waals surface area (Å²) in [5.74, 6) is -0.232. The molecule has 2 rings (SSSR count). The van der Waals surface area contributed by atoms with Crippen LogP contribution in [0.3, 0.4) is 0 Å². The second kappa shape index (κ2) is 7.22. The van der Waals surface area contributed by atoms with Gasteiger partial charge in [-0.3, -0.25) is 9.59 Å². The first kappa shape index (κ1) is 15.5. The van der Waals surface area contributed by atoms with E-state index in [2.05, 4.69) is 5.32 Å². The first-order chi connectivity index (χ1) is 10.1. The van der Waals surface area contributed by atoms with Crippen molar-refractivity contribution < 1.29 is 14.3 Å². The molecule has 1 aliphatic carbocycles. The maximum Gasteiger partial charge on any atom is 0.308 e. The van der Waals surface area contributed by atoms with Gasteiger partial charge in [-0.05, 0) is 43.4 Å². The minimum atomic E-state index is -0.142. The molecule has 3 N–H and O–H groups in total. The predicted octanol–water partition coefficient (Wildman–Crippen LogP) is 1.61. The van der Waals surface area contributed by atoms with Crippen LogP contribution in [0.5, 0.6) is 0 Å². The van der Waals surface area contributed by atoms with Crippen LogP contribution in [0.25, 0.3) is 0 Å². The van der Waals surface area contributed by atoms with Crippen molar-refractivity contribution in [3.8, 4) is 0 Å². The van der Waals surface area contributed by atoms with Crippen LogP contribution in [-0.2, 0) is 16.1 Å². The van der Waals surface area contributed by atoms with Crippen molar-refractivity contribution in [2.45, 2.75) is 38.3 Å². The van der Waals surface area contributed by atoms with E-state index >= 15 is 0 Å². The highest BCUT2D eigenvalue weighted by molar-refractivity contribution is 5.94. The average Bonchev–Trinajstić information content (AvgIpc) is 2.55. The molecule has 1 fully saturated rings. The van der Waals surface area contributed by atoms with Gasteiger partial charge in [-0.2, -0.15) is 0 Å². The highest BCUT2D eigenvalue weighted by atomic mass is 16.5. The molecule has 0 aliphatic heterocycles. The van der Waals surface area contributed by atoms with Crippen molar-refractivity contribution >= 4 is 11.9 Å². The van der Waals surface area contributed by atoms with E-state index in [-0.39, 0.29) is 23.8 Å². The quantitative estimate of drug-likeness (QED) is 0.825. The number of nitrogens with one attached hydrogen (secondary N) is 1. The molecule has 1 aromatic carbocycles. The lowest BCUT2D eigenvalue weighted by Crippen LogP contribution is -2.38. The van der Waals surface area contributed by atoms with Crippen LogP contribution in [-0.4, -0.2) is 25.0 Å². The molecule has 0 heterocycles. The lowest BCUT2D eigenvalue weighted by molar-refractivity contribution is -0.146. The minimum Gasteiger partial charge on any atom is -0.469 e. The van der Waals surface area contributed by atoms with E-state index in [1.165, 1.54) is 7.11 Å². The molecule has 1 aromatic rings. The normalized spacial score (nSPS) is 21.6. The molecule has 0 aromatic heterocycles. The monoisotopic (exact) mass is 290 g/mol. The average molecular weight is 290 g/mol. The summed E-state index contributed by atoms with van der Waals surface area (Å²) in [7, 11) is 1.42. The summed E-state index contributed by atoms with van der Waals surface area (Å²) in [5.41, 5.74) is 7.18. The standard InChI is InChI=1S/C16H22N2O3/c1-21-16(20)13-6-8-14(9-7-13)18-15(19)12-4-2-11(10-17)3-5-12/h2-5,13-14H,6-10,17H2,1H3,(H,18,19). The summed E-state index contributed by atoms with van der Waals surface area (Å²) in [5, 5.41) is 3.03. The molecule has 1 aliphatic rings. The third-order valence-corrected chi connectivity index (χ3v) is 4.05. The fourth-order valence-electron chi connectivity index (χ4n) is 2.70. The molecule has 0 spiro atoms. The molecule has 21 heavy (non-hydrogen) atoms. The van der Waals surface area contributed by atoms with Gasteiger partial charge in [0.05, 0.1) is 13.0 Å². The minimum absolute atomic E-state index is 0.0213. The van der Waals surface area contributed by atoms with E-state index in [0.717, 1.165) is 31.2 Å². The Labute approximate surface area is 124 Å². The van der Waals surface area contributed by atoms with Gasteiger partial charge in [-0.25, -0.2) is 0 Å². The summed E-state index contributed by atoms with van der Waals surface area (Å²) >= 11 is 0. The molecule has 114 valence electrons. The Morgan fingerprint density at radius 1 is 1.19 bits per heavy atom. The van der Waals surface area contributed by atoms with Gasteiger partial charge < -0.3 is 15.8 Å². The summed E-state index contributed by atoms with van der Waals surface area (Å²) in [6.07, 6.45) is 3.16. The zero-order valence-electron chi connectivity index (χ0n) is 12.3. The van der Waals surface area contributed by atoms with Gasteiger partial charge >= 0.3 is 5.97 Å². The molecule has 0 radical (unpaired) electrons. The van der Waals surface area contributed by atoms with Gasteiger partial charge in [-0.15, -0.1) is 0 Å². The van der Waals surface area contributed by atoms with Crippen molar-refractivity contribution in [2.24, 2.45) is 11.7 Å². The fourth-order valence-corrected chi connectivity index (χ4v) is 2.70. The Bertz CT molecular complexity index is 491. The van der Waals surface area contributed by atoms with Crippen LogP contribution in [0.2, 0.25) is 0 Å². The zero-order valence-corrected chi connectivity index (χ0v) is 12.3. The maximum absolute atomic E-state index is 12.2. The largest absolute Gasteiger partial charge is 0.469 e. The number of hydrogen-bond donors (Lipinski definition) is 2. The van der Waals surface area contributed by atoms with Gasteiger partial charge in [0.2, 0.25) is 0 Å². The molecule has 5 heteroatoms. The smallest absolute Gasteiger partial charge is 0.308 e. The molecule has 1 amide bonds. The fraction of sp³-hybridized carbons (Fsp3) is 0.500. The van der Waals surface area contributed by atoms with Crippen LogP contribution in [0.15, 0.2) is 24.3 Å². The van der Waals surface area contributed by atoms with E-state index < -0.39 is 0 Å². The maximum atomic E-state index is 12.2. The van der Waals surface area contributed by atoms with Crippen LogP contribution < -0.4 is 11.1 Å². The van der Waals surface area contributed by atoms with E-state index in [1.807, 2.05) is 12.1 Å². The number of carbonyl (C=O) groups excluding carboxylic acids is 2. The first-order valence-electron chi connectivity index (χ1n) is 7.31. The van der Waals surface area contributed by atoms with Crippen molar-refractivity contribution in [2.75, 3.05) is 7.11 Å². The first-order valence-corrected chi connectivity index (χ1v) is 7.31. The number of benzene rings is 1. The summed E-state index contributed by atoms with van der Waals surface area (Å²) < 4.78 is 4.76. The van der Waals surface area contributed by atoms with Gasteiger partial charge in [0.1, 0.15) is 0 Å². The lowest BCUT2D eigenvalue weighted by Gasteiger charge is -2.27. The topological polar surface area (TPSA) is 81.4 Å². The van der Waals surface area contributed by atoms with Crippen molar-refractivity contribution in [3.05, 3.63) is 35.4 Å². The van der Waals surface area contributed by atoms with Gasteiger partial charge in [0.15, 0.2) is 0 Å². The third-order valence-electron chi connectivity index (χ3n) is 4.05. The number of rotatable bonds is 4. The molecular weight excluding hydrogens is 268 g/mol. The van der Waals surface area contributed by atoms with Crippen LogP contribution in [0.1, 0.15) is 41.6 Å². The molecule has 0 saturated heterocycles. The van der Waals surface area contributed by atoms with Crippen LogP contribution >= 0.6 is 0 Å². The highest BCUT2D eigenvalue weighted by Gasteiger charge is 2.27. The number of amides is 1. The molecule has 0 atom stereocenters. The van der Waals surface area contributed by atoms with E-state index in [0.29, 0.717) is 12.1 Å². The molecule has 5 nitrogen and oxygen atoms in total. The number of ether oxygens (including phenoxy) is 1. The lowest BCUT2D eigenvalue weighted by atomic mass is 9.86. The van der Waals surface area contributed by atoms with E-state index in [4.69, 9.17) is 10.5 Å². The third kappa shape index (κ3) is 4.04. The summed E-state index contributed by atoms with van der Waals surface area (Å²) in [6, 6.07) is 7.44. The van der Waals surface area contributed by atoms with Gasteiger partial charge in [-0.1, -0.05) is 12.1 Å². The Balaban J connectivity index is 1.85.